The molecule has 1 aliphatic rings. The van der Waals surface area contributed by atoms with Crippen LogP contribution in [-0.2, 0) is 4.74 Å². The number of esters is 1. The van der Waals surface area contributed by atoms with Crippen molar-refractivity contribution in [3.05, 3.63) is 46.9 Å². The first-order valence-electron chi connectivity index (χ1n) is 7.63. The standard InChI is InChI=1S/C18H20N2O2/c1-11-4-7-15(8-12(11)2)17-16(9-19-13(3)20-17)18(21)22-10-14-5-6-14/h4,7-9,14H,5-6,10H2,1-3H3. The van der Waals surface area contributed by atoms with Gasteiger partial charge in [-0.2, -0.15) is 0 Å². The van der Waals surface area contributed by atoms with Crippen molar-refractivity contribution in [1.29, 1.82) is 0 Å². The Morgan fingerprint density at radius 2 is 2.00 bits per heavy atom. The number of rotatable bonds is 4. The second kappa shape index (κ2) is 5.87. The van der Waals surface area contributed by atoms with E-state index in [0.717, 1.165) is 18.4 Å². The van der Waals surface area contributed by atoms with Gasteiger partial charge in [-0.15, -0.1) is 0 Å². The Balaban J connectivity index is 1.95. The molecule has 22 heavy (non-hydrogen) atoms. The highest BCUT2D eigenvalue weighted by atomic mass is 16.5. The van der Waals surface area contributed by atoms with Crippen molar-refractivity contribution in [2.24, 2.45) is 5.92 Å². The molecule has 4 heteroatoms. The lowest BCUT2D eigenvalue weighted by molar-refractivity contribution is 0.0486. The number of hydrogen-bond donors (Lipinski definition) is 0. The van der Waals surface area contributed by atoms with E-state index in [1.165, 1.54) is 11.1 Å². The maximum Gasteiger partial charge on any atom is 0.341 e. The monoisotopic (exact) mass is 296 g/mol. The summed E-state index contributed by atoms with van der Waals surface area (Å²) in [6, 6.07) is 6.08. The number of ether oxygens (including phenoxy) is 1. The molecule has 0 aliphatic heterocycles. The van der Waals surface area contributed by atoms with E-state index in [2.05, 4.69) is 29.9 Å². The first-order chi connectivity index (χ1) is 10.5. The summed E-state index contributed by atoms with van der Waals surface area (Å²) in [4.78, 5) is 21.0. The van der Waals surface area contributed by atoms with Crippen LogP contribution in [0.4, 0.5) is 0 Å². The van der Waals surface area contributed by atoms with E-state index < -0.39 is 0 Å². The number of aromatic nitrogens is 2. The van der Waals surface area contributed by atoms with Crippen molar-refractivity contribution in [1.82, 2.24) is 9.97 Å². The van der Waals surface area contributed by atoms with E-state index >= 15 is 0 Å². The smallest absolute Gasteiger partial charge is 0.341 e. The predicted octanol–water partition coefficient (Wildman–Crippen LogP) is 3.64. The van der Waals surface area contributed by atoms with Crippen molar-refractivity contribution in [2.45, 2.75) is 33.6 Å². The number of hydrogen-bond acceptors (Lipinski definition) is 4. The molecule has 1 aliphatic carbocycles. The normalized spacial score (nSPS) is 14.0. The summed E-state index contributed by atoms with van der Waals surface area (Å²) in [6.07, 6.45) is 3.88. The van der Waals surface area contributed by atoms with Crippen LogP contribution in [0.5, 0.6) is 0 Å². The van der Waals surface area contributed by atoms with Crippen molar-refractivity contribution in [2.75, 3.05) is 6.61 Å². The topological polar surface area (TPSA) is 52.1 Å². The highest BCUT2D eigenvalue weighted by molar-refractivity contribution is 5.95. The molecule has 0 bridgehead atoms. The second-order valence-electron chi connectivity index (χ2n) is 6.02. The van der Waals surface area contributed by atoms with Crippen LogP contribution in [0.25, 0.3) is 11.3 Å². The molecule has 114 valence electrons. The quantitative estimate of drug-likeness (QED) is 0.808. The van der Waals surface area contributed by atoms with Crippen LogP contribution in [0, 0.1) is 26.7 Å². The summed E-state index contributed by atoms with van der Waals surface area (Å²) in [7, 11) is 0. The molecule has 1 aromatic carbocycles. The maximum absolute atomic E-state index is 12.3. The Labute approximate surface area is 130 Å². The fourth-order valence-electron chi connectivity index (χ4n) is 2.28. The molecule has 1 fully saturated rings. The lowest BCUT2D eigenvalue weighted by Gasteiger charge is -2.10. The third-order valence-electron chi connectivity index (χ3n) is 4.06. The molecule has 0 N–H and O–H groups in total. The molecule has 0 saturated heterocycles. The molecule has 2 aromatic rings. The largest absolute Gasteiger partial charge is 0.462 e. The zero-order valence-electron chi connectivity index (χ0n) is 13.2. The molecule has 3 rings (SSSR count). The van der Waals surface area contributed by atoms with E-state index in [1.807, 2.05) is 19.1 Å². The summed E-state index contributed by atoms with van der Waals surface area (Å²) in [6.45, 7) is 6.44. The van der Waals surface area contributed by atoms with E-state index in [-0.39, 0.29) is 5.97 Å². The van der Waals surface area contributed by atoms with Gasteiger partial charge in [0.25, 0.3) is 0 Å². The van der Waals surface area contributed by atoms with Gasteiger partial charge in [0, 0.05) is 11.8 Å². The van der Waals surface area contributed by atoms with Crippen molar-refractivity contribution < 1.29 is 9.53 Å². The Hall–Kier alpha value is -2.23. The zero-order valence-corrected chi connectivity index (χ0v) is 13.2. The van der Waals surface area contributed by atoms with Gasteiger partial charge in [-0.1, -0.05) is 12.1 Å². The molecule has 0 atom stereocenters. The van der Waals surface area contributed by atoms with Crippen LogP contribution in [0.2, 0.25) is 0 Å². The summed E-state index contributed by atoms with van der Waals surface area (Å²) in [5, 5.41) is 0. The van der Waals surface area contributed by atoms with Crippen molar-refractivity contribution >= 4 is 5.97 Å². The van der Waals surface area contributed by atoms with E-state index in [9.17, 15) is 4.79 Å². The number of benzene rings is 1. The van der Waals surface area contributed by atoms with Crippen LogP contribution in [0.3, 0.4) is 0 Å². The van der Waals surface area contributed by atoms with E-state index in [0.29, 0.717) is 29.6 Å². The maximum atomic E-state index is 12.3. The highest BCUT2D eigenvalue weighted by Gasteiger charge is 2.24. The summed E-state index contributed by atoms with van der Waals surface area (Å²) in [5.41, 5.74) is 4.40. The highest BCUT2D eigenvalue weighted by Crippen LogP contribution is 2.30. The van der Waals surface area contributed by atoms with E-state index in [4.69, 9.17) is 4.74 Å². The van der Waals surface area contributed by atoms with Crippen LogP contribution in [0.15, 0.2) is 24.4 Å². The fourth-order valence-corrected chi connectivity index (χ4v) is 2.28. The van der Waals surface area contributed by atoms with Gasteiger partial charge in [-0.3, -0.25) is 0 Å². The first-order valence-corrected chi connectivity index (χ1v) is 7.63. The molecule has 4 nitrogen and oxygen atoms in total. The predicted molar refractivity (Wildman–Crippen MR) is 84.7 cm³/mol. The van der Waals surface area contributed by atoms with Crippen molar-refractivity contribution in [3.63, 3.8) is 0 Å². The van der Waals surface area contributed by atoms with Gasteiger partial charge in [-0.05, 0) is 56.7 Å². The minimum Gasteiger partial charge on any atom is -0.462 e. The number of nitrogens with zero attached hydrogens (tertiary/aromatic N) is 2. The van der Waals surface area contributed by atoms with E-state index in [1.54, 1.807) is 6.20 Å². The Morgan fingerprint density at radius 3 is 2.68 bits per heavy atom. The van der Waals surface area contributed by atoms with Gasteiger partial charge < -0.3 is 4.74 Å². The van der Waals surface area contributed by atoms with Gasteiger partial charge in [0.05, 0.1) is 12.3 Å². The first kappa shape index (κ1) is 14.7. The molecule has 0 amide bonds. The number of carbonyl (C=O) groups excluding carboxylic acids is 1. The summed E-state index contributed by atoms with van der Waals surface area (Å²) in [5.74, 6) is 0.854. The Bertz CT molecular complexity index is 721. The lowest BCUT2D eigenvalue weighted by Crippen LogP contribution is -2.11. The van der Waals surface area contributed by atoms with Crippen LogP contribution in [0.1, 0.15) is 40.2 Å². The minimum absolute atomic E-state index is 0.333. The third-order valence-corrected chi connectivity index (χ3v) is 4.06. The van der Waals surface area contributed by atoms with Gasteiger partial charge in [0.15, 0.2) is 0 Å². The SMILES string of the molecule is Cc1ncc(C(=O)OCC2CC2)c(-c2ccc(C)c(C)c2)n1. The van der Waals surface area contributed by atoms with Crippen LogP contribution < -0.4 is 0 Å². The van der Waals surface area contributed by atoms with Crippen LogP contribution >= 0.6 is 0 Å². The molecule has 1 aromatic heterocycles. The average molecular weight is 296 g/mol. The third kappa shape index (κ3) is 3.16. The molecule has 1 heterocycles. The second-order valence-corrected chi connectivity index (χ2v) is 6.02. The molecule has 0 radical (unpaired) electrons. The van der Waals surface area contributed by atoms with Crippen LogP contribution in [-0.4, -0.2) is 22.5 Å². The number of carbonyl (C=O) groups is 1. The number of aryl methyl sites for hydroxylation is 3. The van der Waals surface area contributed by atoms with Gasteiger partial charge in [0.2, 0.25) is 0 Å². The molecule has 0 unspecified atom stereocenters. The minimum atomic E-state index is -0.333. The molecule has 1 saturated carbocycles. The molecule has 0 spiro atoms. The summed E-state index contributed by atoms with van der Waals surface area (Å²) >= 11 is 0. The van der Waals surface area contributed by atoms with Gasteiger partial charge >= 0.3 is 5.97 Å². The fraction of sp³-hybridized carbons (Fsp3) is 0.389. The zero-order chi connectivity index (χ0) is 15.7. The molecular weight excluding hydrogens is 276 g/mol. The Kier molecular flexibility index (Phi) is 3.92. The van der Waals surface area contributed by atoms with Gasteiger partial charge in [-0.25, -0.2) is 14.8 Å². The van der Waals surface area contributed by atoms with Crippen molar-refractivity contribution in [3.8, 4) is 11.3 Å². The Morgan fingerprint density at radius 1 is 1.23 bits per heavy atom. The van der Waals surface area contributed by atoms with Gasteiger partial charge in [0.1, 0.15) is 11.4 Å². The molecular formula is C18H20N2O2. The summed E-state index contributed by atoms with van der Waals surface area (Å²) < 4.78 is 5.39. The lowest BCUT2D eigenvalue weighted by atomic mass is 10.0. The average Bonchev–Trinajstić information content (AvgIpc) is 3.32.